The maximum absolute atomic E-state index is 6.44. The Bertz CT molecular complexity index is 2420. The Labute approximate surface area is 354 Å². The fourth-order valence-corrected chi connectivity index (χ4v) is 10.7. The van der Waals surface area contributed by atoms with Gasteiger partial charge < -0.3 is 14.4 Å². The van der Waals surface area contributed by atoms with Crippen LogP contribution in [0.3, 0.4) is 0 Å². The van der Waals surface area contributed by atoms with Gasteiger partial charge in [0.1, 0.15) is 0 Å². The number of furan rings is 1. The van der Waals surface area contributed by atoms with Crippen LogP contribution in [0.25, 0.3) is 55.8 Å². The summed E-state index contributed by atoms with van der Waals surface area (Å²) in [5.41, 5.74) is 12.8. The van der Waals surface area contributed by atoms with E-state index < -0.39 is 8.07 Å². The molecule has 0 N–H and O–H groups in total. The predicted octanol–water partition coefficient (Wildman–Crippen LogP) is 13.1. The first-order valence-electron chi connectivity index (χ1n) is 20.9. The van der Waals surface area contributed by atoms with E-state index in [9.17, 15) is 0 Å². The zero-order chi connectivity index (χ0) is 38.6. The second-order valence-electron chi connectivity index (χ2n) is 17.4. The largest absolute Gasteiger partial charge is 0.486 e. The molecule has 9 rings (SSSR count). The third-order valence-corrected chi connectivity index (χ3v) is 14.1. The number of rotatable bonds is 8. The molecule has 3 aromatic carbocycles. The molecule has 2 fully saturated rings. The molecule has 2 aliphatic rings. The van der Waals surface area contributed by atoms with Crippen molar-refractivity contribution in [2.45, 2.75) is 104 Å². The van der Waals surface area contributed by atoms with Crippen molar-refractivity contribution in [3.8, 4) is 33.8 Å². The van der Waals surface area contributed by atoms with Crippen molar-refractivity contribution in [3.05, 3.63) is 132 Å². The Hall–Kier alpha value is -4.22. The van der Waals surface area contributed by atoms with Crippen molar-refractivity contribution >= 4 is 35.3 Å². The third kappa shape index (κ3) is 9.41. The van der Waals surface area contributed by atoms with Gasteiger partial charge in [0.25, 0.3) is 0 Å². The van der Waals surface area contributed by atoms with E-state index >= 15 is 0 Å². The molecular formula is C51H55IrN3OSi-2. The normalized spacial score (nSPS) is 15.0. The van der Waals surface area contributed by atoms with E-state index in [2.05, 4.69) is 106 Å². The van der Waals surface area contributed by atoms with Crippen molar-refractivity contribution in [3.63, 3.8) is 0 Å². The number of benzene rings is 3. The molecule has 7 aromatic rings. The van der Waals surface area contributed by atoms with Crippen molar-refractivity contribution in [2.24, 2.45) is 11.8 Å². The van der Waals surface area contributed by atoms with Gasteiger partial charge in [0.2, 0.25) is 5.71 Å². The van der Waals surface area contributed by atoms with Crippen molar-refractivity contribution < 1.29 is 24.5 Å². The van der Waals surface area contributed by atoms with Crippen molar-refractivity contribution in [1.82, 2.24) is 15.0 Å². The topological polar surface area (TPSA) is 51.8 Å². The quantitative estimate of drug-likeness (QED) is 0.113. The molecule has 57 heavy (non-hydrogen) atoms. The molecule has 0 aliphatic heterocycles. The summed E-state index contributed by atoms with van der Waals surface area (Å²) in [6.45, 7) is 11.5. The van der Waals surface area contributed by atoms with Gasteiger partial charge in [0, 0.05) is 43.4 Å². The number of fused-ring (bicyclic) bond motifs is 3. The summed E-state index contributed by atoms with van der Waals surface area (Å²) in [5.74, 6) is 1.67. The second-order valence-corrected chi connectivity index (χ2v) is 22.4. The minimum absolute atomic E-state index is 0. The molecule has 2 aliphatic carbocycles. The molecule has 0 bridgehead atoms. The monoisotopic (exact) mass is 946 g/mol. The molecule has 295 valence electrons. The van der Waals surface area contributed by atoms with E-state index in [1.54, 1.807) is 10.8 Å². The number of aromatic nitrogens is 3. The number of hydrogen-bond acceptors (Lipinski definition) is 4. The van der Waals surface area contributed by atoms with Crippen molar-refractivity contribution in [1.29, 1.82) is 0 Å². The van der Waals surface area contributed by atoms with Crippen LogP contribution in [0.4, 0.5) is 0 Å². The Balaban J connectivity index is 0.000000188. The zero-order valence-corrected chi connectivity index (χ0v) is 37.6. The van der Waals surface area contributed by atoms with Crippen LogP contribution in [0, 0.1) is 37.8 Å². The summed E-state index contributed by atoms with van der Waals surface area (Å²) < 4.78 is 6.44. The van der Waals surface area contributed by atoms with Crippen LogP contribution in [-0.4, -0.2) is 23.0 Å². The maximum Gasteiger partial charge on any atom is 0.216 e. The average molecular weight is 946 g/mol. The Morgan fingerprint density at radius 3 is 2.18 bits per heavy atom. The van der Waals surface area contributed by atoms with Gasteiger partial charge in [-0.15, -0.1) is 53.6 Å². The molecule has 4 aromatic heterocycles. The molecule has 0 atom stereocenters. The summed E-state index contributed by atoms with van der Waals surface area (Å²) in [4.78, 5) is 14.4. The van der Waals surface area contributed by atoms with Gasteiger partial charge in [-0.05, 0) is 65.9 Å². The van der Waals surface area contributed by atoms with Gasteiger partial charge in [0.05, 0.1) is 19.4 Å². The Morgan fingerprint density at radius 2 is 1.46 bits per heavy atom. The number of nitrogens with zero attached hydrogens (tertiary/aromatic N) is 3. The van der Waals surface area contributed by atoms with E-state index in [1.165, 1.54) is 69.8 Å². The summed E-state index contributed by atoms with van der Waals surface area (Å²) >= 11 is 0. The van der Waals surface area contributed by atoms with Gasteiger partial charge in [-0.3, -0.25) is 0 Å². The molecule has 4 heterocycles. The molecule has 2 saturated carbocycles. The van der Waals surface area contributed by atoms with E-state index in [0.29, 0.717) is 5.71 Å². The average Bonchev–Trinajstić information content (AvgIpc) is 3.87. The SMILES string of the molecule is C[Si](C)(C)c1cnc(-c2[c-]cccc2)cc1CC1CCCC1.Cc1cc2c(nc1-c1ccccc1)oc1c(-c3cc(CC4CCCCC4)ccn3)[c-]cc(C)c12.[Ir]. The Kier molecular flexibility index (Phi) is 13.0. The van der Waals surface area contributed by atoms with Gasteiger partial charge in [-0.1, -0.05) is 149 Å². The van der Waals surface area contributed by atoms with Crippen LogP contribution in [0.1, 0.15) is 80.0 Å². The smallest absolute Gasteiger partial charge is 0.216 e. The van der Waals surface area contributed by atoms with Crippen LogP contribution in [-0.2, 0) is 32.9 Å². The summed E-state index contributed by atoms with van der Waals surface area (Å²) in [6, 6.07) is 36.2. The minimum atomic E-state index is -1.35. The van der Waals surface area contributed by atoms with Gasteiger partial charge in [-0.2, -0.15) is 0 Å². The van der Waals surface area contributed by atoms with Gasteiger partial charge >= 0.3 is 0 Å². The van der Waals surface area contributed by atoms with Crippen LogP contribution in [0.2, 0.25) is 19.6 Å². The van der Waals surface area contributed by atoms with E-state index in [0.717, 1.165) is 79.5 Å². The van der Waals surface area contributed by atoms with Crippen LogP contribution in [0.5, 0.6) is 0 Å². The molecule has 0 spiro atoms. The summed E-state index contributed by atoms with van der Waals surface area (Å²) in [7, 11) is -1.35. The zero-order valence-electron chi connectivity index (χ0n) is 34.3. The molecule has 4 nitrogen and oxygen atoms in total. The number of aryl methyl sites for hydroxylation is 2. The number of pyridine rings is 3. The van der Waals surface area contributed by atoms with Crippen LogP contribution < -0.4 is 5.19 Å². The first-order chi connectivity index (χ1) is 27.2. The first-order valence-corrected chi connectivity index (χ1v) is 24.4. The molecule has 0 saturated heterocycles. The van der Waals surface area contributed by atoms with Gasteiger partial charge in [0.15, 0.2) is 0 Å². The first kappa shape index (κ1) is 41.0. The summed E-state index contributed by atoms with van der Waals surface area (Å²) in [5, 5.41) is 3.70. The molecule has 1 radical (unpaired) electrons. The fraction of sp³-hybridized carbons (Fsp3) is 0.353. The van der Waals surface area contributed by atoms with Crippen LogP contribution in [0.15, 0.2) is 102 Å². The minimum Gasteiger partial charge on any atom is -0.486 e. The second kappa shape index (κ2) is 18.1. The van der Waals surface area contributed by atoms with E-state index in [-0.39, 0.29) is 20.1 Å². The summed E-state index contributed by atoms with van der Waals surface area (Å²) in [6.07, 6.45) is 18.9. The molecular weight excluding hydrogens is 891 g/mol. The van der Waals surface area contributed by atoms with Crippen LogP contribution >= 0.6 is 0 Å². The van der Waals surface area contributed by atoms with Gasteiger partial charge in [-0.25, -0.2) is 4.98 Å². The predicted molar refractivity (Wildman–Crippen MR) is 236 cm³/mol. The third-order valence-electron chi connectivity index (χ3n) is 12.1. The number of hydrogen-bond donors (Lipinski definition) is 0. The van der Waals surface area contributed by atoms with Crippen molar-refractivity contribution in [2.75, 3.05) is 0 Å². The molecule has 6 heteroatoms. The maximum atomic E-state index is 6.44. The standard InChI is InChI=1S/C31H29N2O.C20H26NSi.Ir/c1-20-13-14-25(27-19-23(15-16-32-27)18-22-9-5-3-6-10-22)30-28(20)26-17-21(2)29(33-31(26)34-30)24-11-7-4-8-12-24;1-22(2,3)20-15-21-19(17-11-5-4-6-12-17)14-18(20)13-16-9-7-8-10-16;/h4,7-8,11-13,15-17,19,22H,3,5-6,9-10,18H2,1-2H3;4-6,11,14-16H,7-10,13H2,1-3H3;/q2*-1;. The van der Waals surface area contributed by atoms with E-state index in [1.807, 2.05) is 36.5 Å². The van der Waals surface area contributed by atoms with E-state index in [4.69, 9.17) is 19.4 Å². The Morgan fingerprint density at radius 1 is 0.737 bits per heavy atom. The molecule has 0 amide bonds. The molecule has 0 unspecified atom stereocenters. The fourth-order valence-electron chi connectivity index (χ4n) is 9.12.